The van der Waals surface area contributed by atoms with Crippen molar-refractivity contribution in [2.45, 2.75) is 58.5 Å². The lowest BCUT2D eigenvalue weighted by Gasteiger charge is -2.37. The first-order valence-corrected chi connectivity index (χ1v) is 9.02. The van der Waals surface area contributed by atoms with Crippen molar-refractivity contribution in [3.8, 4) is 0 Å². The quantitative estimate of drug-likeness (QED) is 0.682. The van der Waals surface area contributed by atoms with Crippen LogP contribution in [0.5, 0.6) is 0 Å². The molecule has 2 atom stereocenters. The summed E-state index contributed by atoms with van der Waals surface area (Å²) in [5, 5.41) is 0. The highest BCUT2D eigenvalue weighted by atomic mass is 16.2. The van der Waals surface area contributed by atoms with E-state index in [0.29, 0.717) is 0 Å². The van der Waals surface area contributed by atoms with E-state index < -0.39 is 0 Å². The van der Waals surface area contributed by atoms with E-state index in [-0.39, 0.29) is 23.9 Å². The first-order chi connectivity index (χ1) is 11.6. The summed E-state index contributed by atoms with van der Waals surface area (Å²) in [6.07, 6.45) is 1.93. The zero-order valence-electron chi connectivity index (χ0n) is 15.3. The minimum Gasteiger partial charge on any atom is -0.336 e. The topological polar surface area (TPSA) is 20.3 Å². The average Bonchev–Trinajstić information content (AvgIpc) is 2.63. The van der Waals surface area contributed by atoms with Crippen LogP contribution in [-0.4, -0.2) is 22.9 Å². The highest BCUT2D eigenvalue weighted by Crippen LogP contribution is 2.29. The third kappa shape index (κ3) is 4.05. The van der Waals surface area contributed by atoms with Crippen LogP contribution in [0, 0.1) is 0 Å². The van der Waals surface area contributed by atoms with Gasteiger partial charge < -0.3 is 4.90 Å². The smallest absolute Gasteiger partial charge is 0.235 e. The van der Waals surface area contributed by atoms with Crippen LogP contribution >= 0.6 is 0 Å². The van der Waals surface area contributed by atoms with Crippen LogP contribution in [0.4, 0.5) is 0 Å². The van der Waals surface area contributed by atoms with Gasteiger partial charge >= 0.3 is 0 Å². The number of nitrogens with zero attached hydrogens (tertiary/aromatic N) is 1. The van der Waals surface area contributed by atoms with Gasteiger partial charge in [0.25, 0.3) is 0 Å². The maximum absolute atomic E-state index is 13.6. The maximum atomic E-state index is 13.6. The highest BCUT2D eigenvalue weighted by molar-refractivity contribution is 5.87. The van der Waals surface area contributed by atoms with Crippen LogP contribution in [0.15, 0.2) is 60.7 Å². The standard InChI is InChI=1S/C22H29NO/c1-5-17(3)23(18(4)6-2)22(24)21(19-13-9-7-10-14-19)20-15-11-8-12-16-20/h7-18,21H,5-6H2,1-4H3. The zero-order valence-corrected chi connectivity index (χ0v) is 15.3. The predicted octanol–water partition coefficient (Wildman–Crippen LogP) is 5.24. The fourth-order valence-corrected chi connectivity index (χ4v) is 3.18. The zero-order chi connectivity index (χ0) is 17.5. The summed E-state index contributed by atoms with van der Waals surface area (Å²) in [7, 11) is 0. The summed E-state index contributed by atoms with van der Waals surface area (Å²) in [6.45, 7) is 8.59. The second-order valence-corrected chi connectivity index (χ2v) is 6.51. The van der Waals surface area contributed by atoms with Crippen molar-refractivity contribution < 1.29 is 4.79 Å². The number of carbonyl (C=O) groups is 1. The van der Waals surface area contributed by atoms with Gasteiger partial charge in [0.1, 0.15) is 0 Å². The van der Waals surface area contributed by atoms with Crippen molar-refractivity contribution in [2.24, 2.45) is 0 Å². The average molecular weight is 323 g/mol. The van der Waals surface area contributed by atoms with Gasteiger partial charge in [-0.05, 0) is 37.8 Å². The summed E-state index contributed by atoms with van der Waals surface area (Å²) in [6, 6.07) is 20.7. The molecule has 0 N–H and O–H groups in total. The number of amides is 1. The lowest BCUT2D eigenvalue weighted by atomic mass is 9.89. The van der Waals surface area contributed by atoms with Crippen LogP contribution in [0.2, 0.25) is 0 Å². The first-order valence-electron chi connectivity index (χ1n) is 9.02. The Morgan fingerprint density at radius 1 is 0.792 bits per heavy atom. The lowest BCUT2D eigenvalue weighted by molar-refractivity contribution is -0.136. The van der Waals surface area contributed by atoms with Gasteiger partial charge in [-0.3, -0.25) is 4.79 Å². The molecule has 0 saturated carbocycles. The summed E-state index contributed by atoms with van der Waals surface area (Å²) in [5.74, 6) is -0.0356. The maximum Gasteiger partial charge on any atom is 0.235 e. The Hall–Kier alpha value is -2.09. The molecule has 2 heteroatoms. The van der Waals surface area contributed by atoms with Crippen molar-refractivity contribution >= 4 is 5.91 Å². The lowest BCUT2D eigenvalue weighted by Crippen LogP contribution is -2.46. The van der Waals surface area contributed by atoms with Crippen molar-refractivity contribution in [1.82, 2.24) is 4.90 Å². The minimum absolute atomic E-state index is 0.205. The second-order valence-electron chi connectivity index (χ2n) is 6.51. The summed E-state index contributed by atoms with van der Waals surface area (Å²) in [4.78, 5) is 15.7. The van der Waals surface area contributed by atoms with Gasteiger partial charge in [-0.25, -0.2) is 0 Å². The largest absolute Gasteiger partial charge is 0.336 e. The molecule has 2 nitrogen and oxygen atoms in total. The van der Waals surface area contributed by atoms with E-state index in [1.165, 1.54) is 0 Å². The van der Waals surface area contributed by atoms with Crippen LogP contribution < -0.4 is 0 Å². The molecular weight excluding hydrogens is 294 g/mol. The molecule has 2 aromatic carbocycles. The van der Waals surface area contributed by atoms with Crippen LogP contribution in [0.1, 0.15) is 57.6 Å². The van der Waals surface area contributed by atoms with Gasteiger partial charge in [0, 0.05) is 12.1 Å². The third-order valence-corrected chi connectivity index (χ3v) is 4.90. The summed E-state index contributed by atoms with van der Waals surface area (Å²) < 4.78 is 0. The molecule has 0 fully saturated rings. The molecule has 0 bridgehead atoms. The van der Waals surface area contributed by atoms with Crippen LogP contribution in [-0.2, 0) is 4.79 Å². The van der Waals surface area contributed by atoms with Crippen molar-refractivity contribution in [1.29, 1.82) is 0 Å². The van der Waals surface area contributed by atoms with E-state index in [2.05, 4.69) is 56.9 Å². The molecule has 2 rings (SSSR count). The van der Waals surface area contributed by atoms with E-state index in [4.69, 9.17) is 0 Å². The molecule has 0 aliphatic carbocycles. The van der Waals surface area contributed by atoms with Gasteiger partial charge in [-0.15, -0.1) is 0 Å². The molecule has 0 spiro atoms. The Morgan fingerprint density at radius 2 is 1.17 bits per heavy atom. The van der Waals surface area contributed by atoms with E-state index in [1.54, 1.807) is 0 Å². The fraction of sp³-hybridized carbons (Fsp3) is 0.409. The van der Waals surface area contributed by atoms with Crippen LogP contribution in [0.25, 0.3) is 0 Å². The second kappa shape index (κ2) is 8.68. The number of hydrogen-bond acceptors (Lipinski definition) is 1. The van der Waals surface area contributed by atoms with E-state index in [9.17, 15) is 4.79 Å². The van der Waals surface area contributed by atoms with E-state index in [1.807, 2.05) is 36.4 Å². The molecular formula is C22H29NO. The molecule has 0 aromatic heterocycles. The van der Waals surface area contributed by atoms with E-state index >= 15 is 0 Å². The molecule has 1 amide bonds. The molecule has 0 aliphatic rings. The Kier molecular flexibility index (Phi) is 6.60. The molecule has 0 radical (unpaired) electrons. The number of carbonyl (C=O) groups excluding carboxylic acids is 1. The predicted molar refractivity (Wildman–Crippen MR) is 101 cm³/mol. The van der Waals surface area contributed by atoms with Gasteiger partial charge in [0.05, 0.1) is 5.92 Å². The molecule has 0 aliphatic heterocycles. The van der Waals surface area contributed by atoms with Crippen molar-refractivity contribution in [2.75, 3.05) is 0 Å². The van der Waals surface area contributed by atoms with Gasteiger partial charge in [0.15, 0.2) is 0 Å². The molecule has 2 aromatic rings. The van der Waals surface area contributed by atoms with Gasteiger partial charge in [-0.1, -0.05) is 74.5 Å². The Morgan fingerprint density at radius 3 is 1.50 bits per heavy atom. The van der Waals surface area contributed by atoms with Crippen molar-refractivity contribution in [3.63, 3.8) is 0 Å². The SMILES string of the molecule is CCC(C)N(C(=O)C(c1ccccc1)c1ccccc1)C(C)CC. The van der Waals surface area contributed by atoms with E-state index in [0.717, 1.165) is 24.0 Å². The monoisotopic (exact) mass is 323 g/mol. The van der Waals surface area contributed by atoms with Gasteiger partial charge in [-0.2, -0.15) is 0 Å². The van der Waals surface area contributed by atoms with Crippen molar-refractivity contribution in [3.05, 3.63) is 71.8 Å². The third-order valence-electron chi connectivity index (χ3n) is 4.90. The number of rotatable bonds is 7. The Balaban J connectivity index is 2.48. The number of hydrogen-bond donors (Lipinski definition) is 0. The van der Waals surface area contributed by atoms with Crippen LogP contribution in [0.3, 0.4) is 0 Å². The molecule has 0 saturated heterocycles. The highest BCUT2D eigenvalue weighted by Gasteiger charge is 2.31. The molecule has 128 valence electrons. The normalized spacial score (nSPS) is 13.5. The molecule has 2 unspecified atom stereocenters. The minimum atomic E-state index is -0.240. The fourth-order valence-electron chi connectivity index (χ4n) is 3.18. The molecule has 0 heterocycles. The first kappa shape index (κ1) is 18.3. The summed E-state index contributed by atoms with van der Waals surface area (Å²) in [5.41, 5.74) is 2.12. The Bertz CT molecular complexity index is 573. The molecule has 24 heavy (non-hydrogen) atoms. The Labute approximate surface area is 146 Å². The van der Waals surface area contributed by atoms with Gasteiger partial charge in [0.2, 0.25) is 5.91 Å². The summed E-state index contributed by atoms with van der Waals surface area (Å²) >= 11 is 0. The number of benzene rings is 2.